The number of nitrogens with two attached hydrogens (primary N) is 1. The topological polar surface area (TPSA) is 73.6 Å². The number of carbonyl (C=O) groups excluding carboxylic acids is 1. The van der Waals surface area contributed by atoms with Crippen LogP contribution in [0.2, 0.25) is 0 Å². The quantitative estimate of drug-likeness (QED) is 0.843. The molecular weight excluding hydrogens is 268 g/mol. The average molecular weight is 288 g/mol. The SMILES string of the molecule is COCC(N)C(=O)NCc1c(OC)ccc2ccccc12. The normalized spacial score (nSPS) is 12.1. The number of carbonyl (C=O) groups is 1. The molecule has 3 N–H and O–H groups in total. The van der Waals surface area contributed by atoms with E-state index in [0.717, 1.165) is 22.1 Å². The van der Waals surface area contributed by atoms with Crippen LogP contribution in [-0.4, -0.2) is 32.8 Å². The first-order chi connectivity index (χ1) is 10.2. The van der Waals surface area contributed by atoms with Crippen molar-refractivity contribution in [3.05, 3.63) is 42.0 Å². The summed E-state index contributed by atoms with van der Waals surface area (Å²) in [5.41, 5.74) is 6.65. The fourth-order valence-corrected chi connectivity index (χ4v) is 2.25. The smallest absolute Gasteiger partial charge is 0.239 e. The van der Waals surface area contributed by atoms with E-state index < -0.39 is 6.04 Å². The van der Waals surface area contributed by atoms with Gasteiger partial charge in [-0.1, -0.05) is 30.3 Å². The Balaban J connectivity index is 2.22. The lowest BCUT2D eigenvalue weighted by Crippen LogP contribution is -2.43. The van der Waals surface area contributed by atoms with E-state index in [1.807, 2.05) is 36.4 Å². The van der Waals surface area contributed by atoms with Gasteiger partial charge in [0.05, 0.1) is 13.7 Å². The van der Waals surface area contributed by atoms with Gasteiger partial charge in [0.25, 0.3) is 0 Å². The predicted molar refractivity (Wildman–Crippen MR) is 82.2 cm³/mol. The molecule has 0 saturated carbocycles. The highest BCUT2D eigenvalue weighted by Crippen LogP contribution is 2.27. The van der Waals surface area contributed by atoms with Crippen LogP contribution in [0.25, 0.3) is 10.8 Å². The van der Waals surface area contributed by atoms with Crippen molar-refractivity contribution in [3.63, 3.8) is 0 Å². The molecule has 1 unspecified atom stereocenters. The zero-order chi connectivity index (χ0) is 15.2. The molecule has 0 fully saturated rings. The summed E-state index contributed by atoms with van der Waals surface area (Å²) < 4.78 is 10.3. The highest BCUT2D eigenvalue weighted by atomic mass is 16.5. The molecular formula is C16H20N2O3. The van der Waals surface area contributed by atoms with Crippen molar-refractivity contribution in [2.75, 3.05) is 20.8 Å². The number of amides is 1. The van der Waals surface area contributed by atoms with Crippen LogP contribution in [0.5, 0.6) is 5.75 Å². The molecule has 0 radical (unpaired) electrons. The van der Waals surface area contributed by atoms with Crippen molar-refractivity contribution in [2.45, 2.75) is 12.6 Å². The fourth-order valence-electron chi connectivity index (χ4n) is 2.25. The van der Waals surface area contributed by atoms with Crippen LogP contribution in [0.3, 0.4) is 0 Å². The van der Waals surface area contributed by atoms with Crippen molar-refractivity contribution >= 4 is 16.7 Å². The van der Waals surface area contributed by atoms with Crippen LogP contribution in [0.15, 0.2) is 36.4 Å². The Kier molecular flexibility index (Phi) is 5.14. The van der Waals surface area contributed by atoms with E-state index in [1.165, 1.54) is 7.11 Å². The van der Waals surface area contributed by atoms with Gasteiger partial charge in [0, 0.05) is 19.2 Å². The van der Waals surface area contributed by atoms with E-state index in [2.05, 4.69) is 5.32 Å². The maximum absolute atomic E-state index is 11.9. The van der Waals surface area contributed by atoms with Gasteiger partial charge in [0.2, 0.25) is 5.91 Å². The van der Waals surface area contributed by atoms with E-state index in [1.54, 1.807) is 7.11 Å². The summed E-state index contributed by atoms with van der Waals surface area (Å²) in [5.74, 6) is 0.501. The van der Waals surface area contributed by atoms with Crippen LogP contribution < -0.4 is 15.8 Å². The number of fused-ring (bicyclic) bond motifs is 1. The standard InChI is InChI=1S/C16H20N2O3/c1-20-10-14(17)16(19)18-9-13-12-6-4-3-5-11(12)7-8-15(13)21-2/h3-8,14H,9-10,17H2,1-2H3,(H,18,19). The van der Waals surface area contributed by atoms with E-state index in [9.17, 15) is 4.79 Å². The molecule has 2 aromatic rings. The molecule has 0 heterocycles. The summed E-state index contributed by atoms with van der Waals surface area (Å²) in [7, 11) is 3.13. The maximum Gasteiger partial charge on any atom is 0.239 e. The zero-order valence-corrected chi connectivity index (χ0v) is 12.3. The molecule has 0 saturated heterocycles. The summed E-state index contributed by atoms with van der Waals surface area (Å²) in [5, 5.41) is 4.98. The molecule has 0 aliphatic rings. The van der Waals surface area contributed by atoms with Gasteiger partial charge >= 0.3 is 0 Å². The number of hydrogen-bond donors (Lipinski definition) is 2. The summed E-state index contributed by atoms with van der Waals surface area (Å²) >= 11 is 0. The van der Waals surface area contributed by atoms with Crippen molar-refractivity contribution in [1.82, 2.24) is 5.32 Å². The number of nitrogens with one attached hydrogen (secondary N) is 1. The molecule has 2 aromatic carbocycles. The van der Waals surface area contributed by atoms with E-state index in [4.69, 9.17) is 15.2 Å². The summed E-state index contributed by atoms with van der Waals surface area (Å²) in [4.78, 5) is 11.9. The third-order valence-electron chi connectivity index (χ3n) is 3.34. The fraction of sp³-hybridized carbons (Fsp3) is 0.312. The largest absolute Gasteiger partial charge is 0.496 e. The average Bonchev–Trinajstić information content (AvgIpc) is 2.52. The first-order valence-corrected chi connectivity index (χ1v) is 6.74. The van der Waals surface area contributed by atoms with Crippen LogP contribution >= 0.6 is 0 Å². The minimum Gasteiger partial charge on any atom is -0.496 e. The molecule has 0 spiro atoms. The molecule has 2 rings (SSSR count). The Morgan fingerprint density at radius 2 is 2.00 bits per heavy atom. The highest BCUT2D eigenvalue weighted by Gasteiger charge is 2.14. The van der Waals surface area contributed by atoms with Crippen LogP contribution in [-0.2, 0) is 16.1 Å². The Morgan fingerprint density at radius 1 is 1.24 bits per heavy atom. The van der Waals surface area contributed by atoms with Gasteiger partial charge in [0.1, 0.15) is 11.8 Å². The van der Waals surface area contributed by atoms with Gasteiger partial charge in [-0.2, -0.15) is 0 Å². The Bertz CT molecular complexity index is 628. The van der Waals surface area contributed by atoms with Gasteiger partial charge in [-0.3, -0.25) is 4.79 Å². The summed E-state index contributed by atoms with van der Waals surface area (Å²) in [6, 6.07) is 11.2. The number of ether oxygens (including phenoxy) is 2. The van der Waals surface area contributed by atoms with Gasteiger partial charge < -0.3 is 20.5 Å². The highest BCUT2D eigenvalue weighted by molar-refractivity contribution is 5.88. The monoisotopic (exact) mass is 288 g/mol. The van der Waals surface area contributed by atoms with E-state index in [0.29, 0.717) is 6.54 Å². The zero-order valence-electron chi connectivity index (χ0n) is 12.3. The number of hydrogen-bond acceptors (Lipinski definition) is 4. The first kappa shape index (κ1) is 15.3. The van der Waals surface area contributed by atoms with Crippen molar-refractivity contribution in [1.29, 1.82) is 0 Å². The van der Waals surface area contributed by atoms with Crippen molar-refractivity contribution in [3.8, 4) is 5.75 Å². The lowest BCUT2D eigenvalue weighted by molar-refractivity contribution is -0.123. The van der Waals surface area contributed by atoms with Crippen LogP contribution in [0.4, 0.5) is 0 Å². The number of rotatable bonds is 6. The molecule has 1 atom stereocenters. The maximum atomic E-state index is 11.9. The molecule has 0 aromatic heterocycles. The minimum atomic E-state index is -0.670. The molecule has 5 heteroatoms. The van der Waals surface area contributed by atoms with Crippen LogP contribution in [0.1, 0.15) is 5.56 Å². The van der Waals surface area contributed by atoms with E-state index >= 15 is 0 Å². The van der Waals surface area contributed by atoms with Gasteiger partial charge in [0.15, 0.2) is 0 Å². The lowest BCUT2D eigenvalue weighted by Gasteiger charge is -2.15. The molecule has 21 heavy (non-hydrogen) atoms. The first-order valence-electron chi connectivity index (χ1n) is 6.74. The van der Waals surface area contributed by atoms with Crippen molar-refractivity contribution < 1.29 is 14.3 Å². The molecule has 112 valence electrons. The Hall–Kier alpha value is -2.11. The van der Waals surface area contributed by atoms with Gasteiger partial charge in [-0.15, -0.1) is 0 Å². The summed E-state index contributed by atoms with van der Waals surface area (Å²) in [6.07, 6.45) is 0. The van der Waals surface area contributed by atoms with Crippen LogP contribution in [0, 0.1) is 0 Å². The second-order valence-electron chi connectivity index (χ2n) is 4.75. The predicted octanol–water partition coefficient (Wildman–Crippen LogP) is 1.44. The summed E-state index contributed by atoms with van der Waals surface area (Å²) in [6.45, 7) is 0.555. The van der Waals surface area contributed by atoms with E-state index in [-0.39, 0.29) is 12.5 Å². The molecule has 0 aliphatic carbocycles. The van der Waals surface area contributed by atoms with Crippen molar-refractivity contribution in [2.24, 2.45) is 5.73 Å². The number of methoxy groups -OCH3 is 2. The molecule has 1 amide bonds. The lowest BCUT2D eigenvalue weighted by atomic mass is 10.0. The third-order valence-corrected chi connectivity index (χ3v) is 3.34. The van der Waals surface area contributed by atoms with Gasteiger partial charge in [-0.05, 0) is 16.8 Å². The second kappa shape index (κ2) is 7.06. The minimum absolute atomic E-state index is 0.193. The van der Waals surface area contributed by atoms with Gasteiger partial charge in [-0.25, -0.2) is 0 Å². The third kappa shape index (κ3) is 3.51. The molecule has 0 aliphatic heterocycles. The number of benzene rings is 2. The molecule has 5 nitrogen and oxygen atoms in total. The second-order valence-corrected chi connectivity index (χ2v) is 4.75. The Morgan fingerprint density at radius 3 is 2.71 bits per heavy atom. The molecule has 0 bridgehead atoms. The Labute approximate surface area is 124 Å².